The summed E-state index contributed by atoms with van der Waals surface area (Å²) in [6, 6.07) is 10.5. The molecule has 1 aromatic carbocycles. The lowest BCUT2D eigenvalue weighted by atomic mass is 10.2. The van der Waals surface area contributed by atoms with Gasteiger partial charge in [0.2, 0.25) is 5.82 Å². The fourth-order valence-electron chi connectivity index (χ4n) is 1.65. The molecule has 0 N–H and O–H groups in total. The number of hydrogen-bond acceptors (Lipinski definition) is 6. The van der Waals surface area contributed by atoms with Crippen molar-refractivity contribution in [2.45, 2.75) is 6.61 Å². The van der Waals surface area contributed by atoms with Gasteiger partial charge in [-0.1, -0.05) is 35.0 Å². The zero-order chi connectivity index (χ0) is 14.7. The van der Waals surface area contributed by atoms with E-state index < -0.39 is 5.97 Å². The minimum absolute atomic E-state index is 0.0948. The number of esters is 1. The summed E-state index contributed by atoms with van der Waals surface area (Å²) in [5, 5.41) is 6.09. The lowest BCUT2D eigenvalue weighted by Gasteiger charge is -2.03. The average molecular weight is 321 g/mol. The molecule has 0 radical (unpaired) electrons. The number of nitrogens with zero attached hydrogens (tertiary/aromatic N) is 2. The summed E-state index contributed by atoms with van der Waals surface area (Å²) >= 11 is 7.42. The van der Waals surface area contributed by atoms with Crippen LogP contribution < -0.4 is 0 Å². The van der Waals surface area contributed by atoms with Crippen LogP contribution in [0.2, 0.25) is 5.02 Å². The van der Waals surface area contributed by atoms with Crippen molar-refractivity contribution in [2.24, 2.45) is 0 Å². The summed E-state index contributed by atoms with van der Waals surface area (Å²) in [6.07, 6.45) is 0. The van der Waals surface area contributed by atoms with E-state index in [0.29, 0.717) is 16.4 Å². The molecule has 0 aliphatic heterocycles. The lowest BCUT2D eigenvalue weighted by Crippen LogP contribution is -2.06. The van der Waals surface area contributed by atoms with Crippen LogP contribution in [-0.2, 0) is 11.3 Å². The Hall–Kier alpha value is -2.18. The standard InChI is InChI=1S/C14H9ClN2O3S/c15-10-5-2-1-4-9(10)14(18)19-8-12-16-13(17-20-12)11-6-3-7-21-11/h1-7H,8H2. The molecule has 2 aromatic heterocycles. The Morgan fingerprint density at radius 3 is 2.90 bits per heavy atom. The smallest absolute Gasteiger partial charge is 0.340 e. The van der Waals surface area contributed by atoms with Crippen LogP contribution in [0.1, 0.15) is 16.2 Å². The summed E-state index contributed by atoms with van der Waals surface area (Å²) in [5.41, 5.74) is 0.303. The van der Waals surface area contributed by atoms with Crippen molar-refractivity contribution in [3.05, 3.63) is 58.3 Å². The minimum atomic E-state index is -0.531. The Morgan fingerprint density at radius 1 is 1.29 bits per heavy atom. The van der Waals surface area contributed by atoms with E-state index in [9.17, 15) is 4.79 Å². The van der Waals surface area contributed by atoms with E-state index in [0.717, 1.165) is 4.88 Å². The van der Waals surface area contributed by atoms with Gasteiger partial charge >= 0.3 is 5.97 Å². The first-order valence-electron chi connectivity index (χ1n) is 6.02. The second-order valence-electron chi connectivity index (χ2n) is 4.05. The Labute approximate surface area is 129 Å². The zero-order valence-electron chi connectivity index (χ0n) is 10.7. The first-order valence-corrected chi connectivity index (χ1v) is 7.28. The minimum Gasteiger partial charge on any atom is -0.452 e. The number of thiophene rings is 1. The predicted octanol–water partition coefficient (Wildman–Crippen LogP) is 3.81. The fraction of sp³-hybridized carbons (Fsp3) is 0.0714. The van der Waals surface area contributed by atoms with Crippen molar-refractivity contribution >= 4 is 28.9 Å². The molecule has 0 aliphatic rings. The largest absolute Gasteiger partial charge is 0.452 e. The molecule has 0 bridgehead atoms. The third-order valence-electron chi connectivity index (χ3n) is 2.63. The number of hydrogen-bond donors (Lipinski definition) is 0. The van der Waals surface area contributed by atoms with E-state index in [2.05, 4.69) is 10.1 Å². The topological polar surface area (TPSA) is 65.2 Å². The van der Waals surface area contributed by atoms with Crippen molar-refractivity contribution in [1.82, 2.24) is 10.1 Å². The number of ether oxygens (including phenoxy) is 1. The van der Waals surface area contributed by atoms with Crippen molar-refractivity contribution < 1.29 is 14.1 Å². The van der Waals surface area contributed by atoms with Crippen LogP contribution in [0.25, 0.3) is 10.7 Å². The lowest BCUT2D eigenvalue weighted by molar-refractivity contribution is 0.0430. The molecule has 2 heterocycles. The van der Waals surface area contributed by atoms with Gasteiger partial charge in [-0.05, 0) is 23.6 Å². The van der Waals surface area contributed by atoms with Crippen LogP contribution in [0.15, 0.2) is 46.3 Å². The van der Waals surface area contributed by atoms with E-state index in [1.807, 2.05) is 17.5 Å². The average Bonchev–Trinajstić information content (AvgIpc) is 3.16. The molecule has 3 rings (SSSR count). The summed E-state index contributed by atoms with van der Waals surface area (Å²) < 4.78 is 10.1. The molecular formula is C14H9ClN2O3S. The Balaban J connectivity index is 1.66. The normalized spacial score (nSPS) is 10.5. The highest BCUT2D eigenvalue weighted by molar-refractivity contribution is 7.13. The number of aromatic nitrogens is 2. The summed E-state index contributed by atoms with van der Waals surface area (Å²) in [5.74, 6) is 0.184. The van der Waals surface area contributed by atoms with Gasteiger partial charge in [-0.2, -0.15) is 4.98 Å². The maximum atomic E-state index is 11.9. The number of halogens is 1. The molecule has 0 amide bonds. The van der Waals surface area contributed by atoms with E-state index in [1.165, 1.54) is 11.3 Å². The van der Waals surface area contributed by atoms with E-state index >= 15 is 0 Å². The van der Waals surface area contributed by atoms with Gasteiger partial charge in [0.15, 0.2) is 6.61 Å². The number of rotatable bonds is 4. The molecule has 0 saturated carbocycles. The number of benzene rings is 1. The van der Waals surface area contributed by atoms with Crippen LogP contribution in [0.5, 0.6) is 0 Å². The van der Waals surface area contributed by atoms with Gasteiger partial charge in [-0.25, -0.2) is 4.79 Å². The molecule has 0 saturated heterocycles. The van der Waals surface area contributed by atoms with Crippen LogP contribution in [0.3, 0.4) is 0 Å². The quantitative estimate of drug-likeness (QED) is 0.684. The molecular weight excluding hydrogens is 312 g/mol. The fourth-order valence-corrected chi connectivity index (χ4v) is 2.51. The molecule has 0 fully saturated rings. The third-order valence-corrected chi connectivity index (χ3v) is 3.83. The molecule has 106 valence electrons. The van der Waals surface area contributed by atoms with Crippen molar-refractivity contribution in [3.8, 4) is 10.7 Å². The summed E-state index contributed by atoms with van der Waals surface area (Å²) in [4.78, 5) is 16.9. The van der Waals surface area contributed by atoms with Crippen LogP contribution in [0.4, 0.5) is 0 Å². The molecule has 0 atom stereocenters. The zero-order valence-corrected chi connectivity index (χ0v) is 12.2. The van der Waals surface area contributed by atoms with Crippen LogP contribution >= 0.6 is 22.9 Å². The second-order valence-corrected chi connectivity index (χ2v) is 5.40. The van der Waals surface area contributed by atoms with Gasteiger partial charge < -0.3 is 9.26 Å². The van der Waals surface area contributed by atoms with Crippen molar-refractivity contribution in [2.75, 3.05) is 0 Å². The first-order chi connectivity index (χ1) is 10.2. The summed E-state index contributed by atoms with van der Waals surface area (Å²) in [6.45, 7) is -0.0948. The van der Waals surface area contributed by atoms with Gasteiger partial charge in [0.1, 0.15) is 0 Å². The maximum absolute atomic E-state index is 11.9. The van der Waals surface area contributed by atoms with E-state index in [1.54, 1.807) is 24.3 Å². The van der Waals surface area contributed by atoms with Crippen molar-refractivity contribution in [1.29, 1.82) is 0 Å². The Bertz CT molecular complexity index is 755. The molecule has 0 unspecified atom stereocenters. The Morgan fingerprint density at radius 2 is 2.14 bits per heavy atom. The molecule has 0 aliphatic carbocycles. The third kappa shape index (κ3) is 3.12. The predicted molar refractivity (Wildman–Crippen MR) is 78.2 cm³/mol. The highest BCUT2D eigenvalue weighted by atomic mass is 35.5. The van der Waals surface area contributed by atoms with Gasteiger partial charge in [0.25, 0.3) is 5.89 Å². The SMILES string of the molecule is O=C(OCc1nc(-c2cccs2)no1)c1ccccc1Cl. The number of carbonyl (C=O) groups excluding carboxylic acids is 1. The maximum Gasteiger partial charge on any atom is 0.340 e. The van der Waals surface area contributed by atoms with Gasteiger partial charge in [-0.3, -0.25) is 0 Å². The molecule has 3 aromatic rings. The van der Waals surface area contributed by atoms with E-state index in [4.69, 9.17) is 20.9 Å². The Kier molecular flexibility index (Phi) is 3.98. The summed E-state index contributed by atoms with van der Waals surface area (Å²) in [7, 11) is 0. The molecule has 21 heavy (non-hydrogen) atoms. The van der Waals surface area contributed by atoms with Crippen LogP contribution in [-0.4, -0.2) is 16.1 Å². The first kappa shape index (κ1) is 13.8. The van der Waals surface area contributed by atoms with Crippen LogP contribution in [0, 0.1) is 0 Å². The molecule has 0 spiro atoms. The van der Waals surface area contributed by atoms with Crippen molar-refractivity contribution in [3.63, 3.8) is 0 Å². The highest BCUT2D eigenvalue weighted by Gasteiger charge is 2.14. The highest BCUT2D eigenvalue weighted by Crippen LogP contribution is 2.22. The van der Waals surface area contributed by atoms with Gasteiger partial charge in [0, 0.05) is 0 Å². The number of carbonyl (C=O) groups is 1. The van der Waals surface area contributed by atoms with Gasteiger partial charge in [0.05, 0.1) is 15.5 Å². The molecule has 7 heteroatoms. The van der Waals surface area contributed by atoms with Gasteiger partial charge in [-0.15, -0.1) is 11.3 Å². The second kappa shape index (κ2) is 6.07. The monoisotopic (exact) mass is 320 g/mol. The molecule has 5 nitrogen and oxygen atoms in total. The van der Waals surface area contributed by atoms with E-state index in [-0.39, 0.29) is 12.5 Å².